The molecular weight excluding hydrogens is 228 g/mol. The molecule has 1 saturated heterocycles. The van der Waals surface area contributed by atoms with Crippen molar-refractivity contribution in [3.63, 3.8) is 0 Å². The van der Waals surface area contributed by atoms with Crippen LogP contribution >= 0.6 is 0 Å². The van der Waals surface area contributed by atoms with Gasteiger partial charge in [0.2, 0.25) is 0 Å². The summed E-state index contributed by atoms with van der Waals surface area (Å²) in [6.07, 6.45) is 4.06. The van der Waals surface area contributed by atoms with Crippen molar-refractivity contribution < 1.29 is 4.52 Å². The highest BCUT2D eigenvalue weighted by Gasteiger charge is 2.21. The molecule has 5 nitrogen and oxygen atoms in total. The summed E-state index contributed by atoms with van der Waals surface area (Å²) in [6.45, 7) is 1.05. The summed E-state index contributed by atoms with van der Waals surface area (Å²) in [5, 5.41) is 10.6. The summed E-state index contributed by atoms with van der Waals surface area (Å²) < 4.78 is 5.43. The summed E-state index contributed by atoms with van der Waals surface area (Å²) in [6, 6.07) is 6.20. The van der Waals surface area contributed by atoms with E-state index in [1.807, 2.05) is 25.2 Å². The first kappa shape index (κ1) is 11.2. The third kappa shape index (κ3) is 1.97. The lowest BCUT2D eigenvalue weighted by molar-refractivity contribution is 0.353. The molecule has 1 aliphatic rings. The monoisotopic (exact) mass is 244 g/mol. The molecule has 0 spiro atoms. The maximum atomic E-state index is 5.43. The molecule has 0 aromatic carbocycles. The highest BCUT2D eigenvalue weighted by molar-refractivity contribution is 5.71. The molecule has 0 radical (unpaired) electrons. The number of anilines is 1. The van der Waals surface area contributed by atoms with Gasteiger partial charge in [-0.05, 0) is 31.5 Å². The molecule has 0 bridgehead atoms. The molecule has 1 aliphatic heterocycles. The molecule has 0 saturated carbocycles. The first-order valence-electron chi connectivity index (χ1n) is 6.21. The van der Waals surface area contributed by atoms with E-state index >= 15 is 0 Å². The Labute approximate surface area is 106 Å². The molecule has 5 heteroatoms. The molecule has 94 valence electrons. The van der Waals surface area contributed by atoms with Gasteiger partial charge in [0.1, 0.15) is 11.5 Å². The zero-order valence-corrected chi connectivity index (χ0v) is 10.3. The number of hydrogen-bond donors (Lipinski definition) is 2. The van der Waals surface area contributed by atoms with Crippen LogP contribution in [0.2, 0.25) is 0 Å². The number of hydrogen-bond acceptors (Lipinski definition) is 5. The average molecular weight is 244 g/mol. The second kappa shape index (κ2) is 4.78. The Morgan fingerprint density at radius 1 is 1.50 bits per heavy atom. The van der Waals surface area contributed by atoms with Crippen LogP contribution in [0, 0.1) is 0 Å². The SMILES string of the molecule is CNc1ncccc1-c1cc(C2CCCN2)on1. The van der Waals surface area contributed by atoms with Gasteiger partial charge in [0.25, 0.3) is 0 Å². The van der Waals surface area contributed by atoms with E-state index in [-0.39, 0.29) is 0 Å². The van der Waals surface area contributed by atoms with Crippen LogP contribution in [0.3, 0.4) is 0 Å². The summed E-state index contributed by atoms with van der Waals surface area (Å²) in [5.41, 5.74) is 1.80. The minimum atomic E-state index is 0.306. The summed E-state index contributed by atoms with van der Waals surface area (Å²) in [4.78, 5) is 4.27. The summed E-state index contributed by atoms with van der Waals surface area (Å²) in [5.74, 6) is 1.73. The van der Waals surface area contributed by atoms with Crippen molar-refractivity contribution in [1.29, 1.82) is 0 Å². The van der Waals surface area contributed by atoms with Crippen molar-refractivity contribution in [1.82, 2.24) is 15.5 Å². The standard InChI is InChI=1S/C13H16N4O/c1-14-13-9(4-2-7-16-13)11-8-12(18-17-11)10-5-3-6-15-10/h2,4,7-8,10,15H,3,5-6H2,1H3,(H,14,16). The van der Waals surface area contributed by atoms with Crippen molar-refractivity contribution in [2.75, 3.05) is 18.9 Å². The first-order valence-corrected chi connectivity index (χ1v) is 6.21. The highest BCUT2D eigenvalue weighted by Crippen LogP contribution is 2.29. The highest BCUT2D eigenvalue weighted by atomic mass is 16.5. The Balaban J connectivity index is 1.92. The van der Waals surface area contributed by atoms with Gasteiger partial charge >= 0.3 is 0 Å². The van der Waals surface area contributed by atoms with Gasteiger partial charge in [0.05, 0.1) is 6.04 Å². The van der Waals surface area contributed by atoms with Crippen LogP contribution in [0.15, 0.2) is 28.9 Å². The van der Waals surface area contributed by atoms with E-state index in [1.54, 1.807) is 6.20 Å². The van der Waals surface area contributed by atoms with Crippen molar-refractivity contribution in [2.24, 2.45) is 0 Å². The Hall–Kier alpha value is -1.88. The minimum Gasteiger partial charge on any atom is -0.373 e. The van der Waals surface area contributed by atoms with Gasteiger partial charge in [-0.3, -0.25) is 0 Å². The third-order valence-electron chi connectivity index (χ3n) is 3.25. The molecular formula is C13H16N4O. The fourth-order valence-electron chi connectivity index (χ4n) is 2.32. The fourth-order valence-corrected chi connectivity index (χ4v) is 2.32. The Bertz CT molecular complexity index is 531. The zero-order chi connectivity index (χ0) is 12.4. The quantitative estimate of drug-likeness (QED) is 0.866. The molecule has 2 aromatic rings. The molecule has 3 rings (SSSR count). The normalized spacial score (nSPS) is 19.1. The average Bonchev–Trinajstić information content (AvgIpc) is 3.09. The molecule has 18 heavy (non-hydrogen) atoms. The van der Waals surface area contributed by atoms with Crippen molar-refractivity contribution in [3.05, 3.63) is 30.2 Å². The molecule has 3 heterocycles. The van der Waals surface area contributed by atoms with Gasteiger partial charge in [-0.25, -0.2) is 4.98 Å². The second-order valence-electron chi connectivity index (χ2n) is 4.41. The zero-order valence-electron chi connectivity index (χ0n) is 10.3. The van der Waals surface area contributed by atoms with Crippen LogP contribution in [0.4, 0.5) is 5.82 Å². The third-order valence-corrected chi connectivity index (χ3v) is 3.25. The maximum Gasteiger partial charge on any atom is 0.154 e. The largest absolute Gasteiger partial charge is 0.373 e. The summed E-state index contributed by atoms with van der Waals surface area (Å²) in [7, 11) is 1.85. The number of nitrogens with zero attached hydrogens (tertiary/aromatic N) is 2. The topological polar surface area (TPSA) is 63.0 Å². The van der Waals surface area contributed by atoms with Crippen molar-refractivity contribution in [2.45, 2.75) is 18.9 Å². The molecule has 2 aromatic heterocycles. The fraction of sp³-hybridized carbons (Fsp3) is 0.385. The van der Waals surface area contributed by atoms with E-state index in [9.17, 15) is 0 Å². The van der Waals surface area contributed by atoms with Gasteiger partial charge in [-0.15, -0.1) is 0 Å². The summed E-state index contributed by atoms with van der Waals surface area (Å²) >= 11 is 0. The van der Waals surface area contributed by atoms with Gasteiger partial charge in [0.15, 0.2) is 5.76 Å². The number of pyridine rings is 1. The predicted molar refractivity (Wildman–Crippen MR) is 69.3 cm³/mol. The predicted octanol–water partition coefficient (Wildman–Crippen LogP) is 2.20. The van der Waals surface area contributed by atoms with E-state index in [4.69, 9.17) is 4.52 Å². The molecule has 1 fully saturated rings. The molecule has 0 amide bonds. The Morgan fingerprint density at radius 3 is 3.22 bits per heavy atom. The van der Waals surface area contributed by atoms with Crippen LogP contribution in [0.25, 0.3) is 11.3 Å². The molecule has 0 aliphatic carbocycles. The van der Waals surface area contributed by atoms with Crippen molar-refractivity contribution in [3.8, 4) is 11.3 Å². The first-order chi connectivity index (χ1) is 8.88. The van der Waals surface area contributed by atoms with Crippen LogP contribution in [-0.4, -0.2) is 23.7 Å². The molecule has 1 atom stereocenters. The van der Waals surface area contributed by atoms with E-state index in [0.717, 1.165) is 35.8 Å². The lowest BCUT2D eigenvalue weighted by Gasteiger charge is -2.04. The van der Waals surface area contributed by atoms with Crippen molar-refractivity contribution >= 4 is 5.82 Å². The minimum absolute atomic E-state index is 0.306. The number of aromatic nitrogens is 2. The van der Waals surface area contributed by atoms with Crippen LogP contribution in [-0.2, 0) is 0 Å². The van der Waals surface area contributed by atoms with Crippen LogP contribution < -0.4 is 10.6 Å². The molecule has 2 N–H and O–H groups in total. The lowest BCUT2D eigenvalue weighted by atomic mass is 10.1. The van der Waals surface area contributed by atoms with E-state index < -0.39 is 0 Å². The molecule has 1 unspecified atom stereocenters. The van der Waals surface area contributed by atoms with E-state index in [1.165, 1.54) is 6.42 Å². The Morgan fingerprint density at radius 2 is 2.44 bits per heavy atom. The van der Waals surface area contributed by atoms with Gasteiger partial charge in [-0.1, -0.05) is 5.16 Å². The second-order valence-corrected chi connectivity index (χ2v) is 4.41. The maximum absolute atomic E-state index is 5.43. The van der Waals surface area contributed by atoms with Crippen LogP contribution in [0.5, 0.6) is 0 Å². The van der Waals surface area contributed by atoms with Crippen LogP contribution in [0.1, 0.15) is 24.6 Å². The van der Waals surface area contributed by atoms with Gasteiger partial charge in [0, 0.05) is 24.9 Å². The van der Waals surface area contributed by atoms with E-state index in [0.29, 0.717) is 6.04 Å². The van der Waals surface area contributed by atoms with Gasteiger partial charge < -0.3 is 15.2 Å². The smallest absolute Gasteiger partial charge is 0.154 e. The van der Waals surface area contributed by atoms with Gasteiger partial charge in [-0.2, -0.15) is 0 Å². The number of rotatable bonds is 3. The Kier molecular flexibility index (Phi) is 2.98. The van der Waals surface area contributed by atoms with E-state index in [2.05, 4.69) is 20.8 Å². The number of nitrogens with one attached hydrogen (secondary N) is 2. The lowest BCUT2D eigenvalue weighted by Crippen LogP contribution is -2.11.